The van der Waals surface area contributed by atoms with Gasteiger partial charge >= 0.3 is 0 Å². The lowest BCUT2D eigenvalue weighted by Crippen LogP contribution is -2.32. The maximum atomic E-state index is 12.9. The van der Waals surface area contributed by atoms with Crippen LogP contribution in [0, 0.1) is 0 Å². The SMILES string of the molecule is CCCCNCc1ccc(C(C)C)n(C2CCCC2)c1=O. The molecule has 21 heavy (non-hydrogen) atoms. The lowest BCUT2D eigenvalue weighted by Gasteiger charge is -2.22. The molecule has 0 aromatic carbocycles. The van der Waals surface area contributed by atoms with Gasteiger partial charge in [-0.25, -0.2) is 0 Å². The van der Waals surface area contributed by atoms with E-state index in [0.29, 0.717) is 18.5 Å². The number of aromatic nitrogens is 1. The molecule has 3 nitrogen and oxygen atoms in total. The van der Waals surface area contributed by atoms with E-state index < -0.39 is 0 Å². The first kappa shape index (κ1) is 16.3. The minimum atomic E-state index is 0.233. The minimum absolute atomic E-state index is 0.233. The Bertz CT molecular complexity index is 498. The van der Waals surface area contributed by atoms with Crippen LogP contribution < -0.4 is 10.9 Å². The van der Waals surface area contributed by atoms with Gasteiger partial charge in [-0.05, 0) is 37.8 Å². The second kappa shape index (κ2) is 7.79. The number of hydrogen-bond donors (Lipinski definition) is 1. The van der Waals surface area contributed by atoms with Gasteiger partial charge in [-0.3, -0.25) is 4.79 Å². The fraction of sp³-hybridized carbons (Fsp3) is 0.722. The van der Waals surface area contributed by atoms with E-state index in [9.17, 15) is 4.79 Å². The van der Waals surface area contributed by atoms with E-state index in [2.05, 4.69) is 36.7 Å². The van der Waals surface area contributed by atoms with Gasteiger partial charge in [-0.15, -0.1) is 0 Å². The Hall–Kier alpha value is -1.09. The summed E-state index contributed by atoms with van der Waals surface area (Å²) < 4.78 is 2.11. The van der Waals surface area contributed by atoms with Gasteiger partial charge < -0.3 is 9.88 Å². The zero-order valence-electron chi connectivity index (χ0n) is 13.8. The van der Waals surface area contributed by atoms with Crippen LogP contribution in [0.1, 0.15) is 82.5 Å². The third-order valence-corrected chi connectivity index (χ3v) is 4.53. The van der Waals surface area contributed by atoms with Crippen molar-refractivity contribution in [2.45, 2.75) is 77.8 Å². The van der Waals surface area contributed by atoms with Crippen molar-refractivity contribution in [1.29, 1.82) is 0 Å². The summed E-state index contributed by atoms with van der Waals surface area (Å²) in [5, 5.41) is 3.40. The summed E-state index contributed by atoms with van der Waals surface area (Å²) in [6.07, 6.45) is 7.19. The van der Waals surface area contributed by atoms with Gasteiger partial charge in [-0.2, -0.15) is 0 Å². The summed E-state index contributed by atoms with van der Waals surface area (Å²) in [5.41, 5.74) is 2.35. The molecule has 0 atom stereocenters. The molecule has 1 heterocycles. The Morgan fingerprint density at radius 3 is 2.62 bits per heavy atom. The average Bonchev–Trinajstić information content (AvgIpc) is 2.98. The highest BCUT2D eigenvalue weighted by Crippen LogP contribution is 2.31. The first-order valence-corrected chi connectivity index (χ1v) is 8.60. The molecule has 0 amide bonds. The summed E-state index contributed by atoms with van der Waals surface area (Å²) in [7, 11) is 0. The molecule has 0 unspecified atom stereocenters. The number of pyridine rings is 1. The zero-order valence-corrected chi connectivity index (χ0v) is 13.8. The predicted molar refractivity (Wildman–Crippen MR) is 88.9 cm³/mol. The van der Waals surface area contributed by atoms with Gasteiger partial charge in [0, 0.05) is 23.8 Å². The van der Waals surface area contributed by atoms with Crippen LogP contribution in [0.3, 0.4) is 0 Å². The molecule has 0 aliphatic heterocycles. The number of unbranched alkanes of at least 4 members (excludes halogenated alkanes) is 1. The van der Waals surface area contributed by atoms with Crippen molar-refractivity contribution in [2.75, 3.05) is 6.54 Å². The van der Waals surface area contributed by atoms with Crippen LogP contribution in [0.25, 0.3) is 0 Å². The van der Waals surface area contributed by atoms with Crippen LogP contribution in [0.2, 0.25) is 0 Å². The zero-order chi connectivity index (χ0) is 15.2. The van der Waals surface area contributed by atoms with Crippen molar-refractivity contribution in [3.8, 4) is 0 Å². The van der Waals surface area contributed by atoms with Crippen molar-refractivity contribution in [2.24, 2.45) is 0 Å². The number of nitrogens with one attached hydrogen (secondary N) is 1. The quantitative estimate of drug-likeness (QED) is 0.771. The van der Waals surface area contributed by atoms with E-state index in [0.717, 1.165) is 24.9 Å². The van der Waals surface area contributed by atoms with Gasteiger partial charge in [-0.1, -0.05) is 46.1 Å². The van der Waals surface area contributed by atoms with E-state index in [-0.39, 0.29) is 5.56 Å². The Morgan fingerprint density at radius 1 is 1.29 bits per heavy atom. The van der Waals surface area contributed by atoms with Crippen LogP contribution in [-0.4, -0.2) is 11.1 Å². The largest absolute Gasteiger partial charge is 0.312 e. The van der Waals surface area contributed by atoms with Crippen molar-refractivity contribution >= 4 is 0 Å². The van der Waals surface area contributed by atoms with Gasteiger partial charge in [0.1, 0.15) is 0 Å². The smallest absolute Gasteiger partial charge is 0.255 e. The molecule has 118 valence electrons. The minimum Gasteiger partial charge on any atom is -0.312 e. The number of rotatable bonds is 7. The Labute approximate surface area is 128 Å². The molecule has 1 aromatic rings. The first-order chi connectivity index (χ1) is 10.1. The fourth-order valence-electron chi connectivity index (χ4n) is 3.28. The van der Waals surface area contributed by atoms with Crippen molar-refractivity contribution in [3.05, 3.63) is 33.7 Å². The third kappa shape index (κ3) is 3.97. The highest BCUT2D eigenvalue weighted by molar-refractivity contribution is 5.19. The van der Waals surface area contributed by atoms with E-state index in [4.69, 9.17) is 0 Å². The highest BCUT2D eigenvalue weighted by Gasteiger charge is 2.22. The summed E-state index contributed by atoms with van der Waals surface area (Å²) in [5.74, 6) is 0.403. The van der Waals surface area contributed by atoms with Crippen LogP contribution >= 0.6 is 0 Å². The van der Waals surface area contributed by atoms with Gasteiger partial charge in [0.15, 0.2) is 0 Å². The van der Waals surface area contributed by atoms with Crippen LogP contribution in [0.4, 0.5) is 0 Å². The molecule has 1 fully saturated rings. The molecule has 0 spiro atoms. The van der Waals surface area contributed by atoms with Crippen molar-refractivity contribution in [3.63, 3.8) is 0 Å². The van der Waals surface area contributed by atoms with Crippen LogP contribution in [-0.2, 0) is 6.54 Å². The molecule has 1 saturated carbocycles. The fourth-order valence-corrected chi connectivity index (χ4v) is 3.28. The maximum Gasteiger partial charge on any atom is 0.255 e. The number of nitrogens with zero attached hydrogens (tertiary/aromatic N) is 1. The van der Waals surface area contributed by atoms with Gasteiger partial charge in [0.25, 0.3) is 5.56 Å². The molecular weight excluding hydrogens is 260 g/mol. The molecule has 0 bridgehead atoms. The Kier molecular flexibility index (Phi) is 6.04. The molecule has 1 N–H and O–H groups in total. The third-order valence-electron chi connectivity index (χ3n) is 4.53. The maximum absolute atomic E-state index is 12.9. The monoisotopic (exact) mass is 290 g/mol. The molecular formula is C18H30N2O. The standard InChI is InChI=1S/C18H30N2O/c1-4-5-12-19-13-15-10-11-17(14(2)3)20(18(15)21)16-8-6-7-9-16/h10-11,14,16,19H,4-9,12-13H2,1-3H3. The topological polar surface area (TPSA) is 34.0 Å². The molecule has 3 heteroatoms. The van der Waals surface area contributed by atoms with Crippen LogP contribution in [0.5, 0.6) is 0 Å². The first-order valence-electron chi connectivity index (χ1n) is 8.60. The lowest BCUT2D eigenvalue weighted by molar-refractivity contribution is 0.468. The van der Waals surface area contributed by atoms with Crippen molar-refractivity contribution in [1.82, 2.24) is 9.88 Å². The molecule has 2 rings (SSSR count). The van der Waals surface area contributed by atoms with Gasteiger partial charge in [0.05, 0.1) is 0 Å². The predicted octanol–water partition coefficient (Wildman–Crippen LogP) is 3.98. The van der Waals surface area contributed by atoms with Gasteiger partial charge in [0.2, 0.25) is 0 Å². The summed E-state index contributed by atoms with van der Waals surface area (Å²) >= 11 is 0. The lowest BCUT2D eigenvalue weighted by atomic mass is 10.1. The Morgan fingerprint density at radius 2 is 2.00 bits per heavy atom. The van der Waals surface area contributed by atoms with E-state index in [1.54, 1.807) is 0 Å². The second-order valence-electron chi connectivity index (χ2n) is 6.58. The average molecular weight is 290 g/mol. The molecule has 1 aliphatic carbocycles. The second-order valence-corrected chi connectivity index (χ2v) is 6.58. The summed E-state index contributed by atoms with van der Waals surface area (Å²) in [6, 6.07) is 4.62. The van der Waals surface area contributed by atoms with E-state index >= 15 is 0 Å². The molecule has 0 saturated heterocycles. The highest BCUT2D eigenvalue weighted by atomic mass is 16.1. The summed E-state index contributed by atoms with van der Waals surface area (Å²) in [4.78, 5) is 12.9. The molecule has 0 radical (unpaired) electrons. The summed E-state index contributed by atoms with van der Waals surface area (Å²) in [6.45, 7) is 8.24. The number of hydrogen-bond acceptors (Lipinski definition) is 2. The van der Waals surface area contributed by atoms with E-state index in [1.807, 2.05) is 6.07 Å². The van der Waals surface area contributed by atoms with Crippen molar-refractivity contribution < 1.29 is 0 Å². The normalized spacial score (nSPS) is 16.0. The van der Waals surface area contributed by atoms with E-state index in [1.165, 1.54) is 31.4 Å². The van der Waals surface area contributed by atoms with Crippen LogP contribution in [0.15, 0.2) is 16.9 Å². The Balaban J connectivity index is 2.23. The molecule has 1 aliphatic rings. The molecule has 1 aromatic heterocycles.